The lowest BCUT2D eigenvalue weighted by Crippen LogP contribution is -2.22. The van der Waals surface area contributed by atoms with Gasteiger partial charge < -0.3 is 5.32 Å². The number of benzene rings is 2. The Kier molecular flexibility index (Phi) is 4.63. The van der Waals surface area contributed by atoms with Gasteiger partial charge in [0, 0.05) is 23.4 Å². The third kappa shape index (κ3) is 4.29. The Morgan fingerprint density at radius 1 is 1.13 bits per heavy atom. The van der Waals surface area contributed by atoms with E-state index in [1.807, 2.05) is 0 Å². The lowest BCUT2D eigenvalue weighted by molar-refractivity contribution is -0.384. The molecule has 0 saturated carbocycles. The summed E-state index contributed by atoms with van der Waals surface area (Å²) < 4.78 is 37.0. The molecule has 2 aromatic carbocycles. The monoisotopic (exact) mass is 324 g/mol. The highest BCUT2D eigenvalue weighted by atomic mass is 19.4. The minimum atomic E-state index is -4.48. The second-order valence-electron chi connectivity index (χ2n) is 4.65. The third-order valence-electron chi connectivity index (χ3n) is 2.97. The van der Waals surface area contributed by atoms with E-state index in [0.717, 1.165) is 18.2 Å². The van der Waals surface area contributed by atoms with Gasteiger partial charge in [0.1, 0.15) is 6.54 Å². The molecule has 0 spiro atoms. The Balaban J connectivity index is 2.42. The van der Waals surface area contributed by atoms with Crippen molar-refractivity contribution in [3.63, 3.8) is 0 Å². The molecule has 0 saturated heterocycles. The topological polar surface area (TPSA) is 72.2 Å². The summed E-state index contributed by atoms with van der Waals surface area (Å²) in [4.78, 5) is 22.5. The molecule has 0 amide bonds. The maximum absolute atomic E-state index is 12.4. The average Bonchev–Trinajstić information content (AvgIpc) is 2.52. The minimum Gasteiger partial charge on any atom is -0.376 e. The quantitative estimate of drug-likeness (QED) is 0.516. The number of halogens is 3. The molecule has 0 aliphatic rings. The van der Waals surface area contributed by atoms with Crippen LogP contribution in [0, 0.1) is 10.1 Å². The Morgan fingerprint density at radius 2 is 1.78 bits per heavy atom. The van der Waals surface area contributed by atoms with E-state index in [-0.39, 0.29) is 22.5 Å². The maximum atomic E-state index is 12.4. The van der Waals surface area contributed by atoms with E-state index in [9.17, 15) is 28.1 Å². The van der Waals surface area contributed by atoms with Crippen LogP contribution in [-0.4, -0.2) is 23.4 Å². The molecule has 2 rings (SSSR count). The first-order valence-electron chi connectivity index (χ1n) is 6.47. The van der Waals surface area contributed by atoms with Gasteiger partial charge in [0.05, 0.1) is 10.5 Å². The van der Waals surface area contributed by atoms with Gasteiger partial charge in [0.2, 0.25) is 0 Å². The summed E-state index contributed by atoms with van der Waals surface area (Å²) in [6.45, 7) is -1.35. The first-order valence-corrected chi connectivity index (χ1v) is 6.47. The van der Waals surface area contributed by atoms with Crippen LogP contribution in [0.25, 0.3) is 0 Å². The van der Waals surface area contributed by atoms with Crippen LogP contribution in [0.5, 0.6) is 0 Å². The van der Waals surface area contributed by atoms with Crippen molar-refractivity contribution in [3.8, 4) is 0 Å². The van der Waals surface area contributed by atoms with Crippen LogP contribution >= 0.6 is 0 Å². The van der Waals surface area contributed by atoms with E-state index in [1.54, 1.807) is 18.2 Å². The SMILES string of the molecule is O=C(c1ccccc1)c1cc([N+](=O)[O-])ccc1NCC(F)(F)F. The van der Waals surface area contributed by atoms with Crippen molar-refractivity contribution in [3.05, 3.63) is 69.8 Å². The lowest BCUT2D eigenvalue weighted by atomic mass is 10.0. The fourth-order valence-electron chi connectivity index (χ4n) is 1.93. The standard InChI is InChI=1S/C15H11F3N2O3/c16-15(17,18)9-19-13-7-6-11(20(22)23)8-12(13)14(21)10-4-2-1-3-5-10/h1-8,19H,9H2. The number of nitro benzene ring substituents is 1. The van der Waals surface area contributed by atoms with Crippen molar-refractivity contribution in [2.45, 2.75) is 6.18 Å². The molecular weight excluding hydrogens is 313 g/mol. The summed E-state index contributed by atoms with van der Waals surface area (Å²) in [6.07, 6.45) is -4.48. The normalized spacial score (nSPS) is 11.1. The maximum Gasteiger partial charge on any atom is 0.405 e. The summed E-state index contributed by atoms with van der Waals surface area (Å²) in [5, 5.41) is 12.9. The number of nitrogens with one attached hydrogen (secondary N) is 1. The zero-order valence-corrected chi connectivity index (χ0v) is 11.6. The Bertz CT molecular complexity index is 730. The molecule has 0 bridgehead atoms. The number of carbonyl (C=O) groups is 1. The van der Waals surface area contributed by atoms with E-state index in [4.69, 9.17) is 0 Å². The molecular formula is C15H11F3N2O3. The number of nitrogens with zero attached hydrogens (tertiary/aromatic N) is 1. The molecule has 0 heterocycles. The van der Waals surface area contributed by atoms with Crippen LogP contribution in [0.3, 0.4) is 0 Å². The van der Waals surface area contributed by atoms with Gasteiger partial charge in [-0.15, -0.1) is 0 Å². The van der Waals surface area contributed by atoms with E-state index in [0.29, 0.717) is 0 Å². The van der Waals surface area contributed by atoms with Gasteiger partial charge in [0.25, 0.3) is 5.69 Å². The number of anilines is 1. The van der Waals surface area contributed by atoms with Gasteiger partial charge in [-0.25, -0.2) is 0 Å². The fraction of sp³-hybridized carbons (Fsp3) is 0.133. The molecule has 2 aromatic rings. The summed E-state index contributed by atoms with van der Waals surface area (Å²) in [6, 6.07) is 10.9. The van der Waals surface area contributed by atoms with Crippen LogP contribution in [0.15, 0.2) is 48.5 Å². The second-order valence-corrected chi connectivity index (χ2v) is 4.65. The van der Waals surface area contributed by atoms with Crippen LogP contribution in [0.1, 0.15) is 15.9 Å². The highest BCUT2D eigenvalue weighted by Gasteiger charge is 2.28. The number of hydrogen-bond acceptors (Lipinski definition) is 4. The zero-order valence-electron chi connectivity index (χ0n) is 11.6. The van der Waals surface area contributed by atoms with Gasteiger partial charge >= 0.3 is 6.18 Å². The summed E-state index contributed by atoms with van der Waals surface area (Å²) in [5.41, 5.74) is -0.443. The Labute approximate surface area is 128 Å². The molecule has 0 atom stereocenters. The number of alkyl halides is 3. The molecule has 0 aliphatic heterocycles. The van der Waals surface area contributed by atoms with E-state index in [2.05, 4.69) is 5.32 Å². The van der Waals surface area contributed by atoms with E-state index < -0.39 is 23.4 Å². The number of hydrogen-bond donors (Lipinski definition) is 1. The summed E-state index contributed by atoms with van der Waals surface area (Å²) in [5.74, 6) is -0.598. The van der Waals surface area contributed by atoms with Crippen molar-refractivity contribution >= 4 is 17.2 Å². The Hall–Kier alpha value is -2.90. The van der Waals surface area contributed by atoms with Crippen molar-refractivity contribution in [1.29, 1.82) is 0 Å². The largest absolute Gasteiger partial charge is 0.405 e. The number of nitro groups is 1. The number of ketones is 1. The van der Waals surface area contributed by atoms with Crippen LogP contribution in [-0.2, 0) is 0 Å². The first kappa shape index (κ1) is 16.5. The molecule has 0 fully saturated rings. The molecule has 0 aliphatic carbocycles. The highest BCUT2D eigenvalue weighted by Crippen LogP contribution is 2.26. The van der Waals surface area contributed by atoms with Gasteiger partial charge in [0.15, 0.2) is 5.78 Å². The smallest absolute Gasteiger partial charge is 0.376 e. The zero-order chi connectivity index (χ0) is 17.0. The van der Waals surface area contributed by atoms with Gasteiger partial charge in [-0.1, -0.05) is 30.3 Å². The number of carbonyl (C=O) groups excluding carboxylic acids is 1. The van der Waals surface area contributed by atoms with Crippen molar-refractivity contribution < 1.29 is 22.9 Å². The highest BCUT2D eigenvalue weighted by molar-refractivity contribution is 6.12. The third-order valence-corrected chi connectivity index (χ3v) is 2.97. The molecule has 0 aromatic heterocycles. The van der Waals surface area contributed by atoms with Crippen molar-refractivity contribution in [2.24, 2.45) is 0 Å². The van der Waals surface area contributed by atoms with Gasteiger partial charge in [-0.05, 0) is 6.07 Å². The first-order chi connectivity index (χ1) is 10.8. The fourth-order valence-corrected chi connectivity index (χ4v) is 1.93. The molecule has 8 heteroatoms. The number of non-ortho nitro benzene ring substituents is 1. The molecule has 1 N–H and O–H groups in total. The van der Waals surface area contributed by atoms with Gasteiger partial charge in [-0.3, -0.25) is 14.9 Å². The van der Waals surface area contributed by atoms with Crippen molar-refractivity contribution in [1.82, 2.24) is 0 Å². The van der Waals surface area contributed by atoms with Gasteiger partial charge in [-0.2, -0.15) is 13.2 Å². The molecule has 0 unspecified atom stereocenters. The molecule has 120 valence electrons. The molecule has 23 heavy (non-hydrogen) atoms. The van der Waals surface area contributed by atoms with Crippen LogP contribution in [0.4, 0.5) is 24.5 Å². The Morgan fingerprint density at radius 3 is 2.35 bits per heavy atom. The van der Waals surface area contributed by atoms with Crippen LogP contribution < -0.4 is 5.32 Å². The van der Waals surface area contributed by atoms with Crippen LogP contribution in [0.2, 0.25) is 0 Å². The summed E-state index contributed by atoms with van der Waals surface area (Å²) >= 11 is 0. The second kappa shape index (κ2) is 6.47. The molecule has 5 nitrogen and oxygen atoms in total. The molecule has 0 radical (unpaired) electrons. The van der Waals surface area contributed by atoms with E-state index >= 15 is 0 Å². The lowest BCUT2D eigenvalue weighted by Gasteiger charge is -2.13. The summed E-state index contributed by atoms with van der Waals surface area (Å²) in [7, 11) is 0. The predicted octanol–water partition coefficient (Wildman–Crippen LogP) is 3.80. The number of rotatable bonds is 5. The average molecular weight is 324 g/mol. The van der Waals surface area contributed by atoms with E-state index in [1.165, 1.54) is 12.1 Å². The predicted molar refractivity (Wildman–Crippen MR) is 77.5 cm³/mol. The van der Waals surface area contributed by atoms with Crippen molar-refractivity contribution in [2.75, 3.05) is 11.9 Å². The minimum absolute atomic E-state index is 0.109.